The van der Waals surface area contributed by atoms with Crippen molar-refractivity contribution in [3.63, 3.8) is 0 Å². The Labute approximate surface area is 87.1 Å². The molecule has 0 aliphatic carbocycles. The van der Waals surface area contributed by atoms with E-state index < -0.39 is 0 Å². The predicted molar refractivity (Wildman–Crippen MR) is 56.2 cm³/mol. The SMILES string of the molecule is Clc1ccc(CC2CCSC2)nn1. The van der Waals surface area contributed by atoms with Crippen LogP contribution >= 0.6 is 23.4 Å². The number of hydrogen-bond acceptors (Lipinski definition) is 3. The summed E-state index contributed by atoms with van der Waals surface area (Å²) in [5, 5.41) is 8.36. The van der Waals surface area contributed by atoms with Crippen molar-refractivity contribution in [2.75, 3.05) is 11.5 Å². The van der Waals surface area contributed by atoms with E-state index in [-0.39, 0.29) is 0 Å². The zero-order valence-electron chi connectivity index (χ0n) is 7.24. The molecule has 1 aliphatic rings. The molecule has 1 aromatic rings. The summed E-state index contributed by atoms with van der Waals surface area (Å²) in [6.07, 6.45) is 2.37. The van der Waals surface area contributed by atoms with Gasteiger partial charge in [0, 0.05) is 0 Å². The fourth-order valence-electron chi connectivity index (χ4n) is 1.49. The molecule has 70 valence electrons. The first kappa shape index (κ1) is 9.28. The van der Waals surface area contributed by atoms with Crippen LogP contribution in [0.4, 0.5) is 0 Å². The Morgan fingerprint density at radius 1 is 1.46 bits per heavy atom. The van der Waals surface area contributed by atoms with E-state index in [0.29, 0.717) is 5.15 Å². The summed E-state index contributed by atoms with van der Waals surface area (Å²) in [6, 6.07) is 3.78. The second-order valence-electron chi connectivity index (χ2n) is 3.28. The maximum atomic E-state index is 5.65. The van der Waals surface area contributed by atoms with Crippen molar-refractivity contribution in [1.82, 2.24) is 10.2 Å². The lowest BCUT2D eigenvalue weighted by Crippen LogP contribution is -2.04. The highest BCUT2D eigenvalue weighted by atomic mass is 35.5. The lowest BCUT2D eigenvalue weighted by molar-refractivity contribution is 0.582. The fraction of sp³-hybridized carbons (Fsp3) is 0.556. The van der Waals surface area contributed by atoms with E-state index in [9.17, 15) is 0 Å². The van der Waals surface area contributed by atoms with Gasteiger partial charge in [0.15, 0.2) is 5.15 Å². The van der Waals surface area contributed by atoms with Crippen LogP contribution in [-0.2, 0) is 6.42 Å². The average molecular weight is 215 g/mol. The van der Waals surface area contributed by atoms with Crippen LogP contribution in [0.25, 0.3) is 0 Å². The van der Waals surface area contributed by atoms with E-state index in [1.807, 2.05) is 23.9 Å². The predicted octanol–water partition coefficient (Wildman–Crippen LogP) is 2.43. The van der Waals surface area contributed by atoms with Gasteiger partial charge in [-0.15, -0.1) is 5.10 Å². The van der Waals surface area contributed by atoms with E-state index in [1.54, 1.807) is 0 Å². The second-order valence-corrected chi connectivity index (χ2v) is 4.82. The summed E-state index contributed by atoms with van der Waals surface area (Å²) in [5.74, 6) is 3.36. The lowest BCUT2D eigenvalue weighted by atomic mass is 10.0. The number of hydrogen-bond donors (Lipinski definition) is 0. The third-order valence-electron chi connectivity index (χ3n) is 2.21. The maximum absolute atomic E-state index is 5.65. The molecule has 0 radical (unpaired) electrons. The Bertz CT molecular complexity index is 269. The first-order valence-electron chi connectivity index (χ1n) is 4.40. The smallest absolute Gasteiger partial charge is 0.151 e. The Balaban J connectivity index is 1.97. The van der Waals surface area contributed by atoms with E-state index in [2.05, 4.69) is 10.2 Å². The minimum Gasteiger partial charge on any atom is -0.162 e. The molecular weight excluding hydrogens is 204 g/mol. The number of nitrogens with zero attached hydrogens (tertiary/aromatic N) is 2. The minimum absolute atomic E-state index is 0.476. The van der Waals surface area contributed by atoms with Gasteiger partial charge in [-0.3, -0.25) is 0 Å². The minimum atomic E-state index is 0.476. The molecule has 1 atom stereocenters. The van der Waals surface area contributed by atoms with Crippen molar-refractivity contribution in [3.05, 3.63) is 23.0 Å². The number of thioether (sulfide) groups is 1. The summed E-state index contributed by atoms with van der Waals surface area (Å²) < 4.78 is 0. The van der Waals surface area contributed by atoms with Crippen LogP contribution in [0.3, 0.4) is 0 Å². The molecule has 1 saturated heterocycles. The van der Waals surface area contributed by atoms with Gasteiger partial charge in [0.2, 0.25) is 0 Å². The molecule has 1 fully saturated rings. The molecule has 1 unspecified atom stereocenters. The Kier molecular flexibility index (Phi) is 3.06. The Hall–Kier alpha value is -0.280. The molecule has 4 heteroatoms. The summed E-state index contributed by atoms with van der Waals surface area (Å²) in [6.45, 7) is 0. The van der Waals surface area contributed by atoms with E-state index >= 15 is 0 Å². The van der Waals surface area contributed by atoms with Gasteiger partial charge in [-0.25, -0.2) is 0 Å². The van der Waals surface area contributed by atoms with Crippen LogP contribution in [0.1, 0.15) is 12.1 Å². The molecule has 0 aromatic carbocycles. The van der Waals surface area contributed by atoms with Crippen molar-refractivity contribution in [2.45, 2.75) is 12.8 Å². The number of halogens is 1. The van der Waals surface area contributed by atoms with Crippen molar-refractivity contribution in [3.8, 4) is 0 Å². The second kappa shape index (κ2) is 4.29. The first-order chi connectivity index (χ1) is 6.34. The van der Waals surface area contributed by atoms with Gasteiger partial charge in [-0.05, 0) is 42.4 Å². The fourth-order valence-corrected chi connectivity index (χ4v) is 2.88. The summed E-state index contributed by atoms with van der Waals surface area (Å²) in [4.78, 5) is 0. The van der Waals surface area contributed by atoms with Gasteiger partial charge >= 0.3 is 0 Å². The molecular formula is C9H11ClN2S. The van der Waals surface area contributed by atoms with Crippen LogP contribution in [0.2, 0.25) is 5.15 Å². The number of rotatable bonds is 2. The molecule has 2 nitrogen and oxygen atoms in total. The first-order valence-corrected chi connectivity index (χ1v) is 5.94. The molecule has 2 heterocycles. The molecule has 0 saturated carbocycles. The molecule has 13 heavy (non-hydrogen) atoms. The zero-order valence-corrected chi connectivity index (χ0v) is 8.81. The molecule has 0 bridgehead atoms. The molecule has 1 aliphatic heterocycles. The van der Waals surface area contributed by atoms with Crippen molar-refractivity contribution < 1.29 is 0 Å². The van der Waals surface area contributed by atoms with Crippen LogP contribution in [0, 0.1) is 5.92 Å². The van der Waals surface area contributed by atoms with Crippen LogP contribution in [0.5, 0.6) is 0 Å². The highest BCUT2D eigenvalue weighted by Crippen LogP contribution is 2.25. The number of aromatic nitrogens is 2. The maximum Gasteiger partial charge on any atom is 0.151 e. The largest absolute Gasteiger partial charge is 0.162 e. The van der Waals surface area contributed by atoms with Gasteiger partial charge in [0.1, 0.15) is 0 Å². The van der Waals surface area contributed by atoms with E-state index in [0.717, 1.165) is 18.0 Å². The zero-order chi connectivity index (χ0) is 9.10. The van der Waals surface area contributed by atoms with Gasteiger partial charge < -0.3 is 0 Å². The van der Waals surface area contributed by atoms with E-state index in [1.165, 1.54) is 17.9 Å². The Morgan fingerprint density at radius 2 is 2.38 bits per heavy atom. The van der Waals surface area contributed by atoms with Crippen molar-refractivity contribution in [2.24, 2.45) is 5.92 Å². The quantitative estimate of drug-likeness (QED) is 0.757. The molecule has 2 rings (SSSR count). The molecule has 0 amide bonds. The molecule has 1 aromatic heterocycles. The van der Waals surface area contributed by atoms with Gasteiger partial charge in [0.25, 0.3) is 0 Å². The monoisotopic (exact) mass is 214 g/mol. The van der Waals surface area contributed by atoms with E-state index in [4.69, 9.17) is 11.6 Å². The van der Waals surface area contributed by atoms with Crippen molar-refractivity contribution >= 4 is 23.4 Å². The third-order valence-corrected chi connectivity index (χ3v) is 3.64. The van der Waals surface area contributed by atoms with Crippen LogP contribution in [0.15, 0.2) is 12.1 Å². The Morgan fingerprint density at radius 3 is 3.00 bits per heavy atom. The van der Waals surface area contributed by atoms with Gasteiger partial charge in [-0.1, -0.05) is 11.6 Å². The highest BCUT2D eigenvalue weighted by Gasteiger charge is 2.16. The van der Waals surface area contributed by atoms with Crippen LogP contribution in [-0.4, -0.2) is 21.7 Å². The van der Waals surface area contributed by atoms with Gasteiger partial charge in [-0.2, -0.15) is 16.9 Å². The average Bonchev–Trinajstić information content (AvgIpc) is 2.62. The third kappa shape index (κ3) is 2.58. The topological polar surface area (TPSA) is 25.8 Å². The van der Waals surface area contributed by atoms with Gasteiger partial charge in [0.05, 0.1) is 5.69 Å². The standard InChI is InChI=1S/C9H11ClN2S/c10-9-2-1-8(11-12-9)5-7-3-4-13-6-7/h1-2,7H,3-6H2. The van der Waals surface area contributed by atoms with Crippen LogP contribution < -0.4 is 0 Å². The summed E-state index contributed by atoms with van der Waals surface area (Å²) in [5.41, 5.74) is 1.07. The molecule has 0 spiro atoms. The molecule has 0 N–H and O–H groups in total. The lowest BCUT2D eigenvalue weighted by Gasteiger charge is -2.05. The summed E-state index contributed by atoms with van der Waals surface area (Å²) >= 11 is 7.68. The van der Waals surface area contributed by atoms with Crippen molar-refractivity contribution in [1.29, 1.82) is 0 Å². The normalized spacial score (nSPS) is 22.1. The highest BCUT2D eigenvalue weighted by molar-refractivity contribution is 7.99. The summed E-state index contributed by atoms with van der Waals surface area (Å²) in [7, 11) is 0.